The molecule has 0 N–H and O–H groups in total. The molecule has 0 saturated heterocycles. The minimum Gasteiger partial charge on any atom is -0.264 e. The second-order valence-electron chi connectivity index (χ2n) is 3.75. The lowest BCUT2D eigenvalue weighted by Crippen LogP contribution is -1.87. The molecule has 0 saturated carbocycles. The standard InChI is InChI=1S/C11H15NS/c1-10-9-12-7-5-11(10)6-8-13(2,3)4/h5,7,9H,1-4H3. The average molecular weight is 193 g/mol. The quantitative estimate of drug-likeness (QED) is 0.577. The predicted octanol–water partition coefficient (Wildman–Crippen LogP) is 2.39. The van der Waals surface area contributed by atoms with Crippen LogP contribution in [0.4, 0.5) is 0 Å². The van der Waals surface area contributed by atoms with Crippen LogP contribution in [0.2, 0.25) is 0 Å². The summed E-state index contributed by atoms with van der Waals surface area (Å²) in [6.07, 6.45) is 10.2. The van der Waals surface area contributed by atoms with Crippen molar-refractivity contribution in [3.8, 4) is 11.2 Å². The SMILES string of the molecule is Cc1cnccc1C#CS(C)(C)C. The van der Waals surface area contributed by atoms with Crippen LogP contribution in [0, 0.1) is 18.1 Å². The summed E-state index contributed by atoms with van der Waals surface area (Å²) in [5.74, 6) is 3.20. The molecule has 1 nitrogen and oxygen atoms in total. The summed E-state index contributed by atoms with van der Waals surface area (Å²) >= 11 is 0. The number of hydrogen-bond acceptors (Lipinski definition) is 1. The molecule has 1 rings (SSSR count). The van der Waals surface area contributed by atoms with Gasteiger partial charge < -0.3 is 0 Å². The second kappa shape index (κ2) is 3.85. The van der Waals surface area contributed by atoms with Crippen molar-refractivity contribution in [2.24, 2.45) is 0 Å². The molecule has 0 unspecified atom stereocenters. The minimum atomic E-state index is -0.721. The molecule has 2 heteroatoms. The number of nitrogens with zero attached hydrogens (tertiary/aromatic N) is 1. The molecule has 1 aromatic rings. The van der Waals surface area contributed by atoms with E-state index in [0.717, 1.165) is 11.1 Å². The maximum Gasteiger partial charge on any atom is 0.0313 e. The highest BCUT2D eigenvalue weighted by atomic mass is 32.3. The van der Waals surface area contributed by atoms with Crippen LogP contribution in [0.1, 0.15) is 11.1 Å². The molecule has 0 aliphatic rings. The molecule has 13 heavy (non-hydrogen) atoms. The van der Waals surface area contributed by atoms with Crippen LogP contribution in [0.5, 0.6) is 0 Å². The average Bonchev–Trinajstić information content (AvgIpc) is 2.01. The van der Waals surface area contributed by atoms with E-state index in [1.807, 2.05) is 19.2 Å². The van der Waals surface area contributed by atoms with Gasteiger partial charge in [0, 0.05) is 18.0 Å². The zero-order valence-electron chi connectivity index (χ0n) is 8.59. The molecule has 0 spiro atoms. The van der Waals surface area contributed by atoms with Gasteiger partial charge in [-0.25, -0.2) is 0 Å². The van der Waals surface area contributed by atoms with E-state index in [4.69, 9.17) is 0 Å². The first-order valence-electron chi connectivity index (χ1n) is 4.11. The highest BCUT2D eigenvalue weighted by Crippen LogP contribution is 2.32. The van der Waals surface area contributed by atoms with Gasteiger partial charge in [0.15, 0.2) is 0 Å². The first-order chi connectivity index (χ1) is 5.99. The van der Waals surface area contributed by atoms with Gasteiger partial charge in [-0.2, -0.15) is 10.0 Å². The Kier molecular flexibility index (Phi) is 3.00. The summed E-state index contributed by atoms with van der Waals surface area (Å²) in [7, 11) is -0.721. The van der Waals surface area contributed by atoms with E-state index in [9.17, 15) is 0 Å². The molecular weight excluding hydrogens is 178 g/mol. The summed E-state index contributed by atoms with van der Waals surface area (Å²) in [5, 5.41) is 3.28. The van der Waals surface area contributed by atoms with Crippen LogP contribution in [0.15, 0.2) is 18.5 Å². The van der Waals surface area contributed by atoms with Crippen molar-refractivity contribution in [1.29, 1.82) is 0 Å². The lowest BCUT2D eigenvalue weighted by atomic mass is 10.2. The van der Waals surface area contributed by atoms with E-state index in [2.05, 4.69) is 34.9 Å². The monoisotopic (exact) mass is 193 g/mol. The molecular formula is C11H15NS. The van der Waals surface area contributed by atoms with Crippen molar-refractivity contribution in [3.63, 3.8) is 0 Å². The fourth-order valence-corrected chi connectivity index (χ4v) is 1.24. The molecule has 0 aromatic carbocycles. The van der Waals surface area contributed by atoms with Crippen LogP contribution in [0.3, 0.4) is 0 Å². The highest BCUT2D eigenvalue weighted by Gasteiger charge is 1.97. The summed E-state index contributed by atoms with van der Waals surface area (Å²) in [6.45, 7) is 2.04. The van der Waals surface area contributed by atoms with Gasteiger partial charge in [-0.1, -0.05) is 5.92 Å². The van der Waals surface area contributed by atoms with Crippen molar-refractivity contribution >= 4 is 10.0 Å². The van der Waals surface area contributed by atoms with Gasteiger partial charge in [-0.15, -0.1) is 0 Å². The van der Waals surface area contributed by atoms with Crippen LogP contribution in [-0.4, -0.2) is 23.8 Å². The number of aromatic nitrogens is 1. The van der Waals surface area contributed by atoms with Crippen LogP contribution < -0.4 is 0 Å². The topological polar surface area (TPSA) is 12.9 Å². The molecule has 0 amide bonds. The maximum absolute atomic E-state index is 4.03. The number of hydrogen-bond donors (Lipinski definition) is 0. The number of rotatable bonds is 0. The fraction of sp³-hybridized carbons (Fsp3) is 0.364. The zero-order chi connectivity index (χ0) is 9.90. The molecule has 1 heterocycles. The Labute approximate surface area is 81.9 Å². The molecule has 0 radical (unpaired) electrons. The molecule has 0 bridgehead atoms. The van der Waals surface area contributed by atoms with E-state index >= 15 is 0 Å². The third kappa shape index (κ3) is 3.52. The van der Waals surface area contributed by atoms with Crippen molar-refractivity contribution in [3.05, 3.63) is 29.6 Å². The van der Waals surface area contributed by atoms with Gasteiger partial charge in [0.2, 0.25) is 0 Å². The Morgan fingerprint density at radius 1 is 1.31 bits per heavy atom. The smallest absolute Gasteiger partial charge is 0.0313 e. The van der Waals surface area contributed by atoms with Gasteiger partial charge in [-0.3, -0.25) is 4.98 Å². The minimum absolute atomic E-state index is 0.721. The van der Waals surface area contributed by atoms with E-state index in [0.29, 0.717) is 0 Å². The fourth-order valence-electron chi connectivity index (χ4n) is 0.822. The third-order valence-corrected chi connectivity index (χ3v) is 2.23. The molecule has 1 aromatic heterocycles. The Balaban J connectivity index is 2.97. The van der Waals surface area contributed by atoms with Crippen LogP contribution in [0.25, 0.3) is 0 Å². The molecule has 0 aliphatic carbocycles. The Hall–Kier alpha value is -0.940. The van der Waals surface area contributed by atoms with Crippen molar-refractivity contribution < 1.29 is 0 Å². The second-order valence-corrected chi connectivity index (χ2v) is 7.63. The summed E-state index contributed by atoms with van der Waals surface area (Å²) in [5.41, 5.74) is 2.25. The van der Waals surface area contributed by atoms with Crippen LogP contribution >= 0.6 is 10.0 Å². The molecule has 0 fully saturated rings. The lowest BCUT2D eigenvalue weighted by molar-refractivity contribution is 1.25. The van der Waals surface area contributed by atoms with E-state index in [1.54, 1.807) is 6.20 Å². The van der Waals surface area contributed by atoms with Gasteiger partial charge in [0.1, 0.15) is 0 Å². The molecule has 70 valence electrons. The predicted molar refractivity (Wildman–Crippen MR) is 61.2 cm³/mol. The first kappa shape index (κ1) is 10.1. The molecule has 0 atom stereocenters. The van der Waals surface area contributed by atoms with E-state index in [-0.39, 0.29) is 0 Å². The maximum atomic E-state index is 4.03. The summed E-state index contributed by atoms with van der Waals surface area (Å²) in [4.78, 5) is 4.03. The van der Waals surface area contributed by atoms with Crippen molar-refractivity contribution in [2.75, 3.05) is 18.8 Å². The van der Waals surface area contributed by atoms with E-state index in [1.165, 1.54) is 0 Å². The van der Waals surface area contributed by atoms with Crippen molar-refractivity contribution in [1.82, 2.24) is 4.98 Å². The Morgan fingerprint density at radius 3 is 2.54 bits per heavy atom. The number of aryl methyl sites for hydroxylation is 1. The van der Waals surface area contributed by atoms with E-state index < -0.39 is 10.0 Å². The van der Waals surface area contributed by atoms with Gasteiger partial charge in [-0.05, 0) is 42.6 Å². The lowest BCUT2D eigenvalue weighted by Gasteiger charge is -2.14. The summed E-state index contributed by atoms with van der Waals surface area (Å²) < 4.78 is 0. The summed E-state index contributed by atoms with van der Waals surface area (Å²) in [6, 6.07) is 1.97. The van der Waals surface area contributed by atoms with Crippen molar-refractivity contribution in [2.45, 2.75) is 6.92 Å². The Morgan fingerprint density at radius 2 is 2.00 bits per heavy atom. The highest BCUT2D eigenvalue weighted by molar-refractivity contribution is 8.35. The van der Waals surface area contributed by atoms with Gasteiger partial charge in [0.05, 0.1) is 0 Å². The van der Waals surface area contributed by atoms with Gasteiger partial charge in [0.25, 0.3) is 0 Å². The number of pyridine rings is 1. The first-order valence-corrected chi connectivity index (χ1v) is 6.96. The van der Waals surface area contributed by atoms with Crippen LogP contribution in [-0.2, 0) is 0 Å². The largest absolute Gasteiger partial charge is 0.264 e. The zero-order valence-corrected chi connectivity index (χ0v) is 9.40. The van der Waals surface area contributed by atoms with Gasteiger partial charge >= 0.3 is 0 Å². The Bertz CT molecular complexity index is 352. The molecule has 0 aliphatic heterocycles. The third-order valence-electron chi connectivity index (χ3n) is 1.51. The normalized spacial score (nSPS) is 11.7.